The topological polar surface area (TPSA) is 27.7 Å². The van der Waals surface area contributed by atoms with Crippen molar-refractivity contribution in [2.75, 3.05) is 26.9 Å². The molecule has 0 aliphatic heterocycles. The molecule has 0 N–H and O–H groups in total. The molecule has 0 aliphatic carbocycles. The van der Waals surface area contributed by atoms with Crippen LogP contribution in [-0.4, -0.2) is 26.9 Å². The second-order valence-corrected chi connectivity index (χ2v) is 10.2. The molecule has 45 heavy (non-hydrogen) atoms. The van der Waals surface area contributed by atoms with Crippen molar-refractivity contribution in [3.05, 3.63) is 95.1 Å². The molecule has 256 valence electrons. The first-order valence-electron chi connectivity index (χ1n) is 17.2. The van der Waals surface area contributed by atoms with Crippen LogP contribution in [0.5, 0.6) is 11.5 Å². The second-order valence-electron chi connectivity index (χ2n) is 10.2. The van der Waals surface area contributed by atoms with Gasteiger partial charge in [0.1, 0.15) is 11.5 Å². The van der Waals surface area contributed by atoms with Gasteiger partial charge in [0.25, 0.3) is 0 Å². The molecule has 0 saturated carbocycles. The highest BCUT2D eigenvalue weighted by atomic mass is 19.2. The van der Waals surface area contributed by atoms with Crippen molar-refractivity contribution >= 4 is 0 Å². The number of hydrogen-bond acceptors (Lipinski definition) is 3. The van der Waals surface area contributed by atoms with Gasteiger partial charge in [-0.3, -0.25) is 0 Å². The van der Waals surface area contributed by atoms with Crippen molar-refractivity contribution < 1.29 is 23.0 Å². The molecule has 0 spiro atoms. The van der Waals surface area contributed by atoms with Gasteiger partial charge in [0.15, 0.2) is 11.6 Å². The molecule has 0 bridgehead atoms. The van der Waals surface area contributed by atoms with Crippen molar-refractivity contribution in [1.82, 2.24) is 0 Å². The third-order valence-electron chi connectivity index (χ3n) is 6.52. The van der Waals surface area contributed by atoms with Crippen molar-refractivity contribution in [2.45, 2.75) is 120 Å². The molecular weight excluding hydrogens is 566 g/mol. The fourth-order valence-electron chi connectivity index (χ4n) is 3.99. The molecule has 0 amide bonds. The molecule has 3 rings (SSSR count). The van der Waals surface area contributed by atoms with Crippen molar-refractivity contribution in [2.24, 2.45) is 0 Å². The van der Waals surface area contributed by atoms with Gasteiger partial charge in [-0.25, -0.2) is 8.78 Å². The lowest BCUT2D eigenvalue weighted by molar-refractivity contribution is 0.192. The standard InChI is InChI=1S/C12H16F2O.2C12H18O.2C2H6/c1-15-9-4-2-3-6-10-7-5-8-11(13)12(10)14;2*1-3-4-7-10-13-12-9-6-5-8-11(12)2;2*1-2/h5,7-8H,2-4,6,9H2,1H3;2*5-6,8-9H,3-4,7,10H2,1-2H3;2*1-2H3. The van der Waals surface area contributed by atoms with Crippen molar-refractivity contribution in [1.29, 1.82) is 0 Å². The predicted molar refractivity (Wildman–Crippen MR) is 191 cm³/mol. The van der Waals surface area contributed by atoms with Crippen LogP contribution in [0.4, 0.5) is 8.78 Å². The van der Waals surface area contributed by atoms with Crippen LogP contribution in [0.3, 0.4) is 0 Å². The summed E-state index contributed by atoms with van der Waals surface area (Å²) in [6.07, 6.45) is 10.7. The van der Waals surface area contributed by atoms with Gasteiger partial charge >= 0.3 is 0 Å². The molecule has 0 unspecified atom stereocenters. The number of rotatable bonds is 16. The molecule has 0 atom stereocenters. The van der Waals surface area contributed by atoms with Gasteiger partial charge in [-0.05, 0) is 80.8 Å². The number of unbranched alkanes of at least 4 members (excludes halogenated alkanes) is 6. The number of para-hydroxylation sites is 2. The van der Waals surface area contributed by atoms with E-state index < -0.39 is 11.6 Å². The van der Waals surface area contributed by atoms with Crippen LogP contribution in [0.1, 0.15) is 116 Å². The van der Waals surface area contributed by atoms with Crippen LogP contribution in [0.15, 0.2) is 66.7 Å². The fourth-order valence-corrected chi connectivity index (χ4v) is 3.99. The predicted octanol–water partition coefficient (Wildman–Crippen LogP) is 12.5. The minimum atomic E-state index is -0.760. The summed E-state index contributed by atoms with van der Waals surface area (Å²) in [5.41, 5.74) is 2.91. The zero-order chi connectivity index (χ0) is 34.1. The van der Waals surface area contributed by atoms with Crippen LogP contribution in [-0.2, 0) is 11.2 Å². The van der Waals surface area contributed by atoms with Gasteiger partial charge < -0.3 is 14.2 Å². The van der Waals surface area contributed by atoms with E-state index >= 15 is 0 Å². The number of aryl methyl sites for hydroxylation is 3. The summed E-state index contributed by atoms with van der Waals surface area (Å²) < 4.78 is 42.2. The summed E-state index contributed by atoms with van der Waals surface area (Å²) in [5.74, 6) is 0.589. The summed E-state index contributed by atoms with van der Waals surface area (Å²) in [6.45, 7) is 19.0. The SMILES string of the molecule is CC.CC.CCCCCOc1ccccc1C.CCCCCOc1ccccc1C.COCCCCCc1cccc(F)c1F. The maximum atomic E-state index is 13.2. The Balaban J connectivity index is 0. The molecule has 0 radical (unpaired) electrons. The van der Waals surface area contributed by atoms with Crippen molar-refractivity contribution in [3.8, 4) is 11.5 Å². The summed E-state index contributed by atoms with van der Waals surface area (Å²) in [5, 5.41) is 0. The Labute approximate surface area is 275 Å². The summed E-state index contributed by atoms with van der Waals surface area (Å²) in [7, 11) is 1.66. The first-order chi connectivity index (χ1) is 21.9. The molecule has 0 aliphatic rings. The van der Waals surface area contributed by atoms with Crippen molar-refractivity contribution in [3.63, 3.8) is 0 Å². The Morgan fingerprint density at radius 3 is 1.44 bits per heavy atom. The van der Waals surface area contributed by atoms with E-state index in [2.05, 4.69) is 39.8 Å². The van der Waals surface area contributed by atoms with E-state index in [4.69, 9.17) is 14.2 Å². The Hall–Kier alpha value is -2.92. The molecule has 0 saturated heterocycles. The quantitative estimate of drug-likeness (QED) is 0.147. The third-order valence-corrected chi connectivity index (χ3v) is 6.52. The van der Waals surface area contributed by atoms with Gasteiger partial charge in [0, 0.05) is 13.7 Å². The van der Waals surface area contributed by atoms with E-state index in [0.717, 1.165) is 69.5 Å². The number of ether oxygens (including phenoxy) is 3. The van der Waals surface area contributed by atoms with Gasteiger partial charge in [0.05, 0.1) is 13.2 Å². The zero-order valence-corrected chi connectivity index (χ0v) is 30.0. The maximum Gasteiger partial charge on any atom is 0.162 e. The van der Waals surface area contributed by atoms with E-state index in [9.17, 15) is 8.78 Å². The van der Waals surface area contributed by atoms with E-state index in [-0.39, 0.29) is 0 Å². The highest BCUT2D eigenvalue weighted by molar-refractivity contribution is 5.32. The highest BCUT2D eigenvalue weighted by Crippen LogP contribution is 2.17. The molecule has 3 aromatic carbocycles. The lowest BCUT2D eigenvalue weighted by Crippen LogP contribution is -1.98. The van der Waals surface area contributed by atoms with Crippen LogP contribution in [0.25, 0.3) is 0 Å². The first kappa shape index (κ1) is 44.2. The third kappa shape index (κ3) is 23.1. The largest absolute Gasteiger partial charge is 0.493 e. The first-order valence-corrected chi connectivity index (χ1v) is 17.2. The smallest absolute Gasteiger partial charge is 0.162 e. The fraction of sp³-hybridized carbons (Fsp3) is 0.550. The summed E-state index contributed by atoms with van der Waals surface area (Å²) >= 11 is 0. The van der Waals surface area contributed by atoms with Crippen LogP contribution in [0.2, 0.25) is 0 Å². The van der Waals surface area contributed by atoms with E-state index in [1.807, 2.05) is 64.1 Å². The average Bonchev–Trinajstić information content (AvgIpc) is 3.07. The maximum absolute atomic E-state index is 13.2. The van der Waals surface area contributed by atoms with Gasteiger partial charge in [-0.1, -0.05) is 122 Å². The Morgan fingerprint density at radius 1 is 0.533 bits per heavy atom. The number of hydrogen-bond donors (Lipinski definition) is 0. The number of halogens is 2. The minimum absolute atomic E-state index is 0.465. The van der Waals surface area contributed by atoms with Gasteiger partial charge in [-0.15, -0.1) is 0 Å². The second kappa shape index (κ2) is 32.5. The lowest BCUT2D eigenvalue weighted by atomic mass is 10.1. The average molecular weight is 631 g/mol. The number of methoxy groups -OCH3 is 1. The number of benzene rings is 3. The van der Waals surface area contributed by atoms with Crippen LogP contribution < -0.4 is 9.47 Å². The molecular formula is C40H64F2O3. The minimum Gasteiger partial charge on any atom is -0.493 e. The van der Waals surface area contributed by atoms with E-state index in [1.54, 1.807) is 19.2 Å². The lowest BCUT2D eigenvalue weighted by Gasteiger charge is -2.07. The molecule has 5 heteroatoms. The van der Waals surface area contributed by atoms with E-state index in [1.165, 1.54) is 36.8 Å². The van der Waals surface area contributed by atoms with Gasteiger partial charge in [-0.2, -0.15) is 0 Å². The summed E-state index contributed by atoms with van der Waals surface area (Å²) in [6, 6.07) is 20.6. The van der Waals surface area contributed by atoms with Crippen LogP contribution in [0, 0.1) is 25.5 Å². The highest BCUT2D eigenvalue weighted by Gasteiger charge is 2.06. The zero-order valence-electron chi connectivity index (χ0n) is 30.0. The van der Waals surface area contributed by atoms with Gasteiger partial charge in [0.2, 0.25) is 0 Å². The Morgan fingerprint density at radius 2 is 1.00 bits per heavy atom. The Kier molecular flexibility index (Phi) is 31.9. The normalized spacial score (nSPS) is 9.58. The van der Waals surface area contributed by atoms with Crippen LogP contribution >= 0.6 is 0 Å². The molecule has 0 aromatic heterocycles. The molecule has 3 aromatic rings. The monoisotopic (exact) mass is 630 g/mol. The van der Waals surface area contributed by atoms with E-state index in [0.29, 0.717) is 12.0 Å². The molecule has 0 heterocycles. The summed E-state index contributed by atoms with van der Waals surface area (Å²) in [4.78, 5) is 0. The molecule has 0 fully saturated rings. The molecule has 3 nitrogen and oxygen atoms in total. The Bertz CT molecular complexity index is 1000.